The van der Waals surface area contributed by atoms with Gasteiger partial charge in [-0.15, -0.1) is 0 Å². The van der Waals surface area contributed by atoms with E-state index in [1.807, 2.05) is 0 Å². The Morgan fingerprint density at radius 1 is 1.23 bits per heavy atom. The minimum atomic E-state index is 0.530. The Bertz CT molecular complexity index is 363. The molecule has 0 bridgehead atoms. The van der Waals surface area contributed by atoms with Gasteiger partial charge in [-0.3, -0.25) is 0 Å². The molecule has 68 valence electrons. The van der Waals surface area contributed by atoms with Crippen LogP contribution in [0, 0.1) is 0 Å². The summed E-state index contributed by atoms with van der Waals surface area (Å²) >= 11 is 3.71. The van der Waals surface area contributed by atoms with Crippen molar-refractivity contribution in [1.29, 1.82) is 0 Å². The van der Waals surface area contributed by atoms with Gasteiger partial charge < -0.3 is 0 Å². The summed E-state index contributed by atoms with van der Waals surface area (Å²) in [4.78, 5) is 0.530. The number of benzene rings is 1. The number of rotatable bonds is 0. The van der Waals surface area contributed by atoms with Crippen LogP contribution in [0.2, 0.25) is 0 Å². The summed E-state index contributed by atoms with van der Waals surface area (Å²) < 4.78 is 0. The predicted octanol–water partition coefficient (Wildman–Crippen LogP) is 3.80. The third-order valence-corrected chi connectivity index (χ3v) is 3.89. The highest BCUT2D eigenvalue weighted by atomic mass is 79.9. The highest BCUT2D eigenvalue weighted by Gasteiger charge is 2.19. The maximum Gasteiger partial charge on any atom is 0.0398 e. The molecular weight excluding hydrogens is 224 g/mol. The van der Waals surface area contributed by atoms with Gasteiger partial charge in [-0.1, -0.05) is 45.8 Å². The van der Waals surface area contributed by atoms with E-state index in [4.69, 9.17) is 0 Å². The van der Waals surface area contributed by atoms with E-state index in [2.05, 4.69) is 54.0 Å². The van der Waals surface area contributed by atoms with Crippen LogP contribution < -0.4 is 0 Å². The smallest absolute Gasteiger partial charge is 0.0398 e. The molecule has 1 aliphatic carbocycles. The highest BCUT2D eigenvalue weighted by Crippen LogP contribution is 2.33. The van der Waals surface area contributed by atoms with Crippen molar-refractivity contribution >= 4 is 21.5 Å². The highest BCUT2D eigenvalue weighted by molar-refractivity contribution is 9.09. The average Bonchev–Trinajstić information content (AvgIpc) is 2.15. The maximum absolute atomic E-state index is 3.71. The minimum absolute atomic E-state index is 0.530. The Morgan fingerprint density at radius 3 is 2.69 bits per heavy atom. The fourth-order valence-corrected chi connectivity index (χ4v) is 2.55. The third-order valence-electron chi connectivity index (χ3n) is 2.88. The molecule has 2 rings (SSSR count). The second kappa shape index (κ2) is 3.30. The molecule has 0 N–H and O–H groups in total. The number of allylic oxidation sites excluding steroid dienone is 2. The zero-order valence-electron chi connectivity index (χ0n) is 7.97. The van der Waals surface area contributed by atoms with E-state index < -0.39 is 0 Å². The summed E-state index contributed by atoms with van der Waals surface area (Å²) in [7, 11) is 0. The SMILES string of the molecule is CC1=C(C)C(Br)Cc2ccccc21. The molecule has 0 saturated carbocycles. The summed E-state index contributed by atoms with van der Waals surface area (Å²) in [5.74, 6) is 0. The molecule has 0 radical (unpaired) electrons. The quantitative estimate of drug-likeness (QED) is 0.602. The van der Waals surface area contributed by atoms with Gasteiger partial charge in [-0.05, 0) is 37.0 Å². The van der Waals surface area contributed by atoms with E-state index in [-0.39, 0.29) is 0 Å². The van der Waals surface area contributed by atoms with E-state index >= 15 is 0 Å². The van der Waals surface area contributed by atoms with E-state index in [0.29, 0.717) is 4.83 Å². The molecule has 0 nitrogen and oxygen atoms in total. The Morgan fingerprint density at radius 2 is 1.92 bits per heavy atom. The molecule has 1 atom stereocenters. The van der Waals surface area contributed by atoms with Gasteiger partial charge >= 0.3 is 0 Å². The fourth-order valence-electron chi connectivity index (χ4n) is 1.86. The maximum atomic E-state index is 3.71. The molecule has 1 heteroatoms. The lowest BCUT2D eigenvalue weighted by Gasteiger charge is -2.23. The van der Waals surface area contributed by atoms with Crippen LogP contribution >= 0.6 is 15.9 Å². The van der Waals surface area contributed by atoms with E-state index in [9.17, 15) is 0 Å². The molecule has 0 aliphatic heterocycles. The fraction of sp³-hybridized carbons (Fsp3) is 0.333. The zero-order valence-corrected chi connectivity index (χ0v) is 9.56. The van der Waals surface area contributed by atoms with Gasteiger partial charge in [0.15, 0.2) is 0 Å². The Labute approximate surface area is 87.8 Å². The molecule has 0 heterocycles. The van der Waals surface area contributed by atoms with Crippen LogP contribution in [0.15, 0.2) is 29.8 Å². The molecule has 1 aromatic carbocycles. The lowest BCUT2D eigenvalue weighted by Crippen LogP contribution is -2.13. The van der Waals surface area contributed by atoms with Gasteiger partial charge in [0.25, 0.3) is 0 Å². The molecule has 0 aromatic heterocycles. The number of fused-ring (bicyclic) bond motifs is 1. The first-order chi connectivity index (χ1) is 6.20. The third kappa shape index (κ3) is 1.46. The van der Waals surface area contributed by atoms with Gasteiger partial charge in [0.1, 0.15) is 0 Å². The number of hydrogen-bond acceptors (Lipinski definition) is 0. The normalized spacial score (nSPS) is 21.6. The second-order valence-corrected chi connectivity index (χ2v) is 4.74. The summed E-state index contributed by atoms with van der Waals surface area (Å²) in [6.07, 6.45) is 1.12. The van der Waals surface area contributed by atoms with Gasteiger partial charge in [0.2, 0.25) is 0 Å². The number of hydrogen-bond donors (Lipinski definition) is 0. The molecule has 0 fully saturated rings. The van der Waals surface area contributed by atoms with Crippen molar-refractivity contribution in [3.63, 3.8) is 0 Å². The molecule has 0 saturated heterocycles. The first-order valence-corrected chi connectivity index (χ1v) is 5.51. The summed E-state index contributed by atoms with van der Waals surface area (Å²) in [5.41, 5.74) is 5.80. The van der Waals surface area contributed by atoms with E-state index in [1.54, 1.807) is 0 Å². The van der Waals surface area contributed by atoms with Crippen molar-refractivity contribution in [2.75, 3.05) is 0 Å². The van der Waals surface area contributed by atoms with Crippen molar-refractivity contribution in [2.45, 2.75) is 25.1 Å². The summed E-state index contributed by atoms with van der Waals surface area (Å²) in [6.45, 7) is 4.42. The standard InChI is InChI=1S/C12H13Br/c1-8-9(2)12(13)7-10-5-3-4-6-11(8)10/h3-6,12H,7H2,1-2H3. The van der Waals surface area contributed by atoms with Crippen molar-refractivity contribution in [2.24, 2.45) is 0 Å². The minimum Gasteiger partial charge on any atom is -0.0839 e. The zero-order chi connectivity index (χ0) is 9.42. The lowest BCUT2D eigenvalue weighted by molar-refractivity contribution is 0.948. The van der Waals surface area contributed by atoms with Crippen molar-refractivity contribution in [3.8, 4) is 0 Å². The lowest BCUT2D eigenvalue weighted by atomic mass is 9.87. The Balaban J connectivity index is 2.59. The van der Waals surface area contributed by atoms with Crippen LogP contribution in [-0.4, -0.2) is 4.83 Å². The van der Waals surface area contributed by atoms with Gasteiger partial charge in [0.05, 0.1) is 0 Å². The molecule has 1 aromatic rings. The first kappa shape index (κ1) is 9.01. The van der Waals surface area contributed by atoms with Crippen molar-refractivity contribution in [3.05, 3.63) is 41.0 Å². The summed E-state index contributed by atoms with van der Waals surface area (Å²) in [6, 6.07) is 8.67. The predicted molar refractivity (Wildman–Crippen MR) is 61.1 cm³/mol. The molecule has 1 aliphatic rings. The largest absolute Gasteiger partial charge is 0.0839 e. The molecule has 0 spiro atoms. The van der Waals surface area contributed by atoms with Crippen molar-refractivity contribution in [1.82, 2.24) is 0 Å². The van der Waals surface area contributed by atoms with Crippen LogP contribution in [0.1, 0.15) is 25.0 Å². The Kier molecular flexibility index (Phi) is 2.29. The van der Waals surface area contributed by atoms with Crippen LogP contribution in [0.3, 0.4) is 0 Å². The first-order valence-electron chi connectivity index (χ1n) is 4.60. The van der Waals surface area contributed by atoms with Crippen LogP contribution in [-0.2, 0) is 6.42 Å². The van der Waals surface area contributed by atoms with E-state index in [1.165, 1.54) is 22.3 Å². The monoisotopic (exact) mass is 236 g/mol. The summed E-state index contributed by atoms with van der Waals surface area (Å²) in [5, 5.41) is 0. The topological polar surface area (TPSA) is 0 Å². The van der Waals surface area contributed by atoms with Gasteiger partial charge in [0, 0.05) is 4.83 Å². The molecule has 13 heavy (non-hydrogen) atoms. The van der Waals surface area contributed by atoms with Gasteiger partial charge in [-0.25, -0.2) is 0 Å². The van der Waals surface area contributed by atoms with Crippen LogP contribution in [0.4, 0.5) is 0 Å². The average molecular weight is 237 g/mol. The molecular formula is C12H13Br. The van der Waals surface area contributed by atoms with E-state index in [0.717, 1.165) is 6.42 Å². The van der Waals surface area contributed by atoms with Gasteiger partial charge in [-0.2, -0.15) is 0 Å². The Hall–Kier alpha value is -0.560. The van der Waals surface area contributed by atoms with Crippen LogP contribution in [0.5, 0.6) is 0 Å². The van der Waals surface area contributed by atoms with Crippen molar-refractivity contribution < 1.29 is 0 Å². The second-order valence-electron chi connectivity index (χ2n) is 3.64. The van der Waals surface area contributed by atoms with Crippen LogP contribution in [0.25, 0.3) is 5.57 Å². The number of halogens is 1. The molecule has 0 amide bonds. The molecule has 1 unspecified atom stereocenters. The number of alkyl halides is 1.